The molecule has 2 aliphatic carbocycles. The van der Waals surface area contributed by atoms with Gasteiger partial charge in [0.2, 0.25) is 0 Å². The molecule has 5 rings (SSSR count). The number of alkyl halides is 1. The summed E-state index contributed by atoms with van der Waals surface area (Å²) in [4.78, 5) is 30.6. The maximum Gasteiger partial charge on any atom is 0.274 e. The van der Waals surface area contributed by atoms with E-state index in [0.29, 0.717) is 29.4 Å². The number of aromatic nitrogens is 4. The van der Waals surface area contributed by atoms with Crippen molar-refractivity contribution >= 4 is 28.9 Å². The number of ether oxygens (including phenoxy) is 1. The van der Waals surface area contributed by atoms with Crippen molar-refractivity contribution in [1.82, 2.24) is 24.5 Å². The first-order chi connectivity index (χ1) is 16.8. The van der Waals surface area contributed by atoms with Crippen LogP contribution in [0.15, 0.2) is 35.4 Å². The normalized spacial score (nSPS) is 25.9. The number of pyridine rings is 1. The molecule has 2 saturated carbocycles. The second kappa shape index (κ2) is 8.95. The molecule has 2 aliphatic rings. The van der Waals surface area contributed by atoms with E-state index in [0.717, 1.165) is 25.7 Å². The fraction of sp³-hybridized carbons (Fsp3) is 0.500. The summed E-state index contributed by atoms with van der Waals surface area (Å²) in [6, 6.07) is 4.82. The number of hydrogen-bond acceptors (Lipinski definition) is 7. The van der Waals surface area contributed by atoms with Crippen LogP contribution in [0.5, 0.6) is 0 Å². The molecule has 1 amide bonds. The molecule has 0 radical (unpaired) electrons. The Hall–Kier alpha value is -3.47. The van der Waals surface area contributed by atoms with Crippen molar-refractivity contribution in [3.05, 3.63) is 46.5 Å². The van der Waals surface area contributed by atoms with Gasteiger partial charge in [0.15, 0.2) is 5.65 Å². The second-order valence-corrected chi connectivity index (χ2v) is 9.57. The molecule has 3 aromatic rings. The van der Waals surface area contributed by atoms with Crippen LogP contribution in [0.4, 0.5) is 21.7 Å². The minimum absolute atomic E-state index is 0.0399. The number of amides is 1. The molecule has 3 N–H and O–H groups in total. The molecule has 0 spiro atoms. The first kappa shape index (κ1) is 23.3. The number of methoxy groups -OCH3 is 1. The molecule has 35 heavy (non-hydrogen) atoms. The summed E-state index contributed by atoms with van der Waals surface area (Å²) in [7, 11) is 3.44. The molecule has 11 heteroatoms. The van der Waals surface area contributed by atoms with Gasteiger partial charge in [0.25, 0.3) is 11.5 Å². The Labute approximate surface area is 201 Å². The lowest BCUT2D eigenvalue weighted by atomic mass is 9.83. The number of nitrogens with zero attached hydrogens (tertiary/aromatic N) is 4. The Bertz CT molecular complexity index is 1320. The van der Waals surface area contributed by atoms with Gasteiger partial charge in [0.1, 0.15) is 29.1 Å². The summed E-state index contributed by atoms with van der Waals surface area (Å²) in [5, 5.41) is 13.1. The summed E-state index contributed by atoms with van der Waals surface area (Å²) in [5.74, 6) is 0.523. The lowest BCUT2D eigenvalue weighted by Crippen LogP contribution is -2.38. The Balaban J connectivity index is 1.45. The van der Waals surface area contributed by atoms with Crippen molar-refractivity contribution in [2.24, 2.45) is 0 Å². The maximum atomic E-state index is 13.4. The van der Waals surface area contributed by atoms with Gasteiger partial charge in [-0.25, -0.2) is 9.37 Å². The average molecular weight is 484 g/mol. The van der Waals surface area contributed by atoms with Gasteiger partial charge in [-0.2, -0.15) is 9.61 Å². The summed E-state index contributed by atoms with van der Waals surface area (Å²) < 4.78 is 22.2. The van der Waals surface area contributed by atoms with Crippen LogP contribution >= 0.6 is 0 Å². The molecule has 3 heterocycles. The van der Waals surface area contributed by atoms with Gasteiger partial charge in [0, 0.05) is 38.9 Å². The summed E-state index contributed by atoms with van der Waals surface area (Å²) >= 11 is 0. The number of anilines is 3. The summed E-state index contributed by atoms with van der Waals surface area (Å²) in [6.07, 6.45) is 6.15. The number of carbonyl (C=O) groups excluding carboxylic acids is 1. The van der Waals surface area contributed by atoms with Gasteiger partial charge >= 0.3 is 0 Å². The van der Waals surface area contributed by atoms with Crippen LogP contribution in [0.25, 0.3) is 5.65 Å². The summed E-state index contributed by atoms with van der Waals surface area (Å²) in [5.41, 5.74) is 0.504. The minimum Gasteiger partial charge on any atom is -0.378 e. The predicted octanol–water partition coefficient (Wildman–Crippen LogP) is 3.04. The van der Waals surface area contributed by atoms with Gasteiger partial charge in [-0.05, 0) is 44.7 Å². The first-order valence-electron chi connectivity index (χ1n) is 11.9. The highest BCUT2D eigenvalue weighted by Gasteiger charge is 2.39. The van der Waals surface area contributed by atoms with E-state index in [1.165, 1.54) is 10.7 Å². The third kappa shape index (κ3) is 4.47. The van der Waals surface area contributed by atoms with Crippen molar-refractivity contribution in [1.29, 1.82) is 0 Å². The number of halogens is 1. The Morgan fingerprint density at radius 1 is 1.37 bits per heavy atom. The van der Waals surface area contributed by atoms with E-state index in [4.69, 9.17) is 4.74 Å². The monoisotopic (exact) mass is 483 g/mol. The van der Waals surface area contributed by atoms with E-state index < -0.39 is 18.1 Å². The molecule has 0 saturated heterocycles. The van der Waals surface area contributed by atoms with Crippen molar-refractivity contribution in [3.8, 4) is 0 Å². The molecule has 0 bridgehead atoms. The SMILES string of the molecule is CNc1cc(Nc2cccn(C3CCC[C@@](C)(OC)C3)c2=O)nc2c(C(=O)N[C@@H]3C[C@@H]3F)cnn12. The van der Waals surface area contributed by atoms with Crippen LogP contribution in [0.3, 0.4) is 0 Å². The number of fused-ring (bicyclic) bond motifs is 1. The molecule has 2 fully saturated rings. The van der Waals surface area contributed by atoms with Crippen LogP contribution in [0.2, 0.25) is 0 Å². The number of nitrogens with one attached hydrogen (secondary N) is 3. The standard InChI is InChI=1S/C24H30FN7O3/c1-24(35-3)8-4-6-14(12-24)31-9-5-7-17(23(31)34)28-19-11-20(26-2)32-21(30-19)15(13-27-32)22(33)29-18-10-16(18)25/h5,7,9,11,13-14,16,18,26H,4,6,8,10,12H2,1-3H3,(H,28,30)(H,29,33)/t14?,16-,18+,24+/m0/s1. The van der Waals surface area contributed by atoms with E-state index in [1.807, 2.05) is 12.3 Å². The summed E-state index contributed by atoms with van der Waals surface area (Å²) in [6.45, 7) is 2.08. The predicted molar refractivity (Wildman–Crippen MR) is 130 cm³/mol. The molecular weight excluding hydrogens is 453 g/mol. The van der Waals surface area contributed by atoms with Gasteiger partial charge in [-0.3, -0.25) is 9.59 Å². The topological polar surface area (TPSA) is 115 Å². The van der Waals surface area contributed by atoms with E-state index >= 15 is 0 Å². The van der Waals surface area contributed by atoms with E-state index in [1.54, 1.807) is 30.9 Å². The smallest absolute Gasteiger partial charge is 0.274 e. The highest BCUT2D eigenvalue weighted by atomic mass is 19.1. The molecule has 4 atom stereocenters. The third-order valence-corrected chi connectivity index (χ3v) is 7.04. The van der Waals surface area contributed by atoms with Crippen LogP contribution in [0, 0.1) is 0 Å². The average Bonchev–Trinajstić information content (AvgIpc) is 3.36. The maximum absolute atomic E-state index is 13.4. The molecule has 186 valence electrons. The fourth-order valence-corrected chi connectivity index (χ4v) is 4.79. The van der Waals surface area contributed by atoms with Crippen LogP contribution in [-0.2, 0) is 4.74 Å². The second-order valence-electron chi connectivity index (χ2n) is 9.57. The Morgan fingerprint density at radius 2 is 2.17 bits per heavy atom. The van der Waals surface area contributed by atoms with E-state index in [2.05, 4.69) is 33.0 Å². The first-order valence-corrected chi connectivity index (χ1v) is 11.9. The highest BCUT2D eigenvalue weighted by molar-refractivity contribution is 6.00. The zero-order valence-corrected chi connectivity index (χ0v) is 20.0. The quantitative estimate of drug-likeness (QED) is 0.473. The van der Waals surface area contributed by atoms with Gasteiger partial charge in [-0.1, -0.05) is 0 Å². The minimum atomic E-state index is -1.01. The lowest BCUT2D eigenvalue weighted by Gasteiger charge is -2.37. The highest BCUT2D eigenvalue weighted by Crippen LogP contribution is 2.37. The Kier molecular flexibility index (Phi) is 5.96. The molecule has 0 aromatic carbocycles. The number of rotatable bonds is 7. The molecule has 1 unspecified atom stereocenters. The lowest BCUT2D eigenvalue weighted by molar-refractivity contribution is -0.0375. The van der Waals surface area contributed by atoms with Gasteiger partial charge in [0.05, 0.1) is 17.8 Å². The van der Waals surface area contributed by atoms with E-state index in [-0.39, 0.29) is 22.8 Å². The third-order valence-electron chi connectivity index (χ3n) is 7.04. The molecule has 10 nitrogen and oxygen atoms in total. The van der Waals surface area contributed by atoms with Crippen molar-refractivity contribution in [2.75, 3.05) is 24.8 Å². The zero-order chi connectivity index (χ0) is 24.7. The van der Waals surface area contributed by atoms with Crippen molar-refractivity contribution in [2.45, 2.75) is 62.9 Å². The number of hydrogen-bond donors (Lipinski definition) is 3. The number of carbonyl (C=O) groups is 1. The van der Waals surface area contributed by atoms with Crippen molar-refractivity contribution < 1.29 is 13.9 Å². The van der Waals surface area contributed by atoms with E-state index in [9.17, 15) is 14.0 Å². The van der Waals surface area contributed by atoms with Crippen LogP contribution in [0.1, 0.15) is 55.4 Å². The van der Waals surface area contributed by atoms with Crippen LogP contribution in [-0.4, -0.2) is 57.0 Å². The van der Waals surface area contributed by atoms with Gasteiger partial charge in [-0.15, -0.1) is 0 Å². The Morgan fingerprint density at radius 3 is 2.89 bits per heavy atom. The van der Waals surface area contributed by atoms with Crippen molar-refractivity contribution in [3.63, 3.8) is 0 Å². The molecule has 0 aliphatic heterocycles. The zero-order valence-electron chi connectivity index (χ0n) is 20.0. The largest absolute Gasteiger partial charge is 0.378 e. The molecular formula is C24H30FN7O3. The van der Waals surface area contributed by atoms with Crippen LogP contribution < -0.4 is 21.5 Å². The fourth-order valence-electron chi connectivity index (χ4n) is 4.79. The van der Waals surface area contributed by atoms with Gasteiger partial charge < -0.3 is 25.3 Å². The molecule has 3 aromatic heterocycles.